The number of hydrogen-bond donors (Lipinski definition) is 1. The fourth-order valence-corrected chi connectivity index (χ4v) is 1.61. The molecule has 88 valence electrons. The second-order valence-electron chi connectivity index (χ2n) is 2.96. The summed E-state index contributed by atoms with van der Waals surface area (Å²) in [6, 6.07) is 2.96. The molecule has 4 nitrogen and oxygen atoms in total. The van der Waals surface area contributed by atoms with E-state index in [9.17, 15) is 9.90 Å². The summed E-state index contributed by atoms with van der Waals surface area (Å²) >= 11 is 3.15. The molecule has 1 N–H and O–H groups in total. The zero-order chi connectivity index (χ0) is 12.1. The van der Waals surface area contributed by atoms with Gasteiger partial charge in [-0.3, -0.25) is 0 Å². The van der Waals surface area contributed by atoms with Gasteiger partial charge in [-0.2, -0.15) is 0 Å². The minimum absolute atomic E-state index is 0.0186. The molecule has 0 saturated carbocycles. The SMILES string of the molecule is CCOC(=O)c1cc(Br)c(O)c(OCC)c1. The fourth-order valence-electron chi connectivity index (χ4n) is 1.17. The average molecular weight is 289 g/mol. The highest BCUT2D eigenvalue weighted by atomic mass is 79.9. The first-order valence-electron chi connectivity index (χ1n) is 4.92. The lowest BCUT2D eigenvalue weighted by molar-refractivity contribution is 0.0525. The first kappa shape index (κ1) is 12.8. The van der Waals surface area contributed by atoms with Gasteiger partial charge in [-0.15, -0.1) is 0 Å². The van der Waals surface area contributed by atoms with E-state index in [1.807, 2.05) is 0 Å². The molecule has 0 aromatic heterocycles. The Morgan fingerprint density at radius 2 is 2.06 bits per heavy atom. The standard InChI is InChI=1S/C11H13BrO4/c1-3-15-9-6-7(11(14)16-4-2)5-8(12)10(9)13/h5-6,13H,3-4H2,1-2H3. The van der Waals surface area contributed by atoms with Gasteiger partial charge in [-0.25, -0.2) is 4.79 Å². The summed E-state index contributed by atoms with van der Waals surface area (Å²) in [7, 11) is 0. The number of halogens is 1. The van der Waals surface area contributed by atoms with E-state index >= 15 is 0 Å². The van der Waals surface area contributed by atoms with Crippen LogP contribution in [0.2, 0.25) is 0 Å². The highest BCUT2D eigenvalue weighted by Gasteiger charge is 2.14. The molecule has 0 aliphatic rings. The van der Waals surface area contributed by atoms with Crippen molar-refractivity contribution in [3.8, 4) is 11.5 Å². The quantitative estimate of drug-likeness (QED) is 0.866. The summed E-state index contributed by atoms with van der Waals surface area (Å²) in [6.45, 7) is 4.24. The Balaban J connectivity index is 3.08. The number of hydrogen-bond acceptors (Lipinski definition) is 4. The van der Waals surface area contributed by atoms with Crippen molar-refractivity contribution >= 4 is 21.9 Å². The number of carbonyl (C=O) groups is 1. The third kappa shape index (κ3) is 2.88. The molecule has 0 spiro atoms. The molecular formula is C11H13BrO4. The van der Waals surface area contributed by atoms with Crippen molar-refractivity contribution in [3.05, 3.63) is 22.2 Å². The van der Waals surface area contributed by atoms with E-state index < -0.39 is 5.97 Å². The molecule has 0 fully saturated rings. The van der Waals surface area contributed by atoms with Crippen molar-refractivity contribution in [1.82, 2.24) is 0 Å². The predicted octanol–water partition coefficient (Wildman–Crippen LogP) is 2.73. The number of rotatable bonds is 4. The van der Waals surface area contributed by atoms with Gasteiger partial charge in [0, 0.05) is 0 Å². The molecule has 16 heavy (non-hydrogen) atoms. The molecule has 0 saturated heterocycles. The van der Waals surface area contributed by atoms with Crippen LogP contribution in [0.1, 0.15) is 24.2 Å². The van der Waals surface area contributed by atoms with Crippen molar-refractivity contribution < 1.29 is 19.4 Å². The van der Waals surface area contributed by atoms with Crippen molar-refractivity contribution in [2.75, 3.05) is 13.2 Å². The van der Waals surface area contributed by atoms with Gasteiger partial charge >= 0.3 is 5.97 Å². The zero-order valence-electron chi connectivity index (χ0n) is 9.12. The number of esters is 1. The first-order valence-corrected chi connectivity index (χ1v) is 5.71. The highest BCUT2D eigenvalue weighted by molar-refractivity contribution is 9.10. The second kappa shape index (κ2) is 5.75. The van der Waals surface area contributed by atoms with Crippen LogP contribution >= 0.6 is 15.9 Å². The Morgan fingerprint density at radius 3 is 2.62 bits per heavy atom. The first-order chi connectivity index (χ1) is 7.60. The molecule has 0 bridgehead atoms. The Hall–Kier alpha value is -1.23. The van der Waals surface area contributed by atoms with Crippen LogP contribution in [0.5, 0.6) is 11.5 Å². The largest absolute Gasteiger partial charge is 0.503 e. The lowest BCUT2D eigenvalue weighted by atomic mass is 10.2. The molecule has 1 rings (SSSR count). The number of ether oxygens (including phenoxy) is 2. The third-order valence-corrected chi connectivity index (χ3v) is 2.44. The van der Waals surface area contributed by atoms with Crippen LogP contribution < -0.4 is 4.74 Å². The van der Waals surface area contributed by atoms with Crippen LogP contribution in [0.25, 0.3) is 0 Å². The summed E-state index contributed by atoms with van der Waals surface area (Å²) < 4.78 is 10.5. The van der Waals surface area contributed by atoms with E-state index in [0.717, 1.165) is 0 Å². The van der Waals surface area contributed by atoms with Gasteiger partial charge in [0.25, 0.3) is 0 Å². The van der Waals surface area contributed by atoms with Crippen LogP contribution in [0.3, 0.4) is 0 Å². The lowest BCUT2D eigenvalue weighted by Gasteiger charge is -2.09. The summed E-state index contributed by atoms with van der Waals surface area (Å²) in [4.78, 5) is 11.5. The second-order valence-corrected chi connectivity index (χ2v) is 3.81. The molecule has 1 aromatic carbocycles. The molecule has 5 heteroatoms. The van der Waals surface area contributed by atoms with E-state index in [2.05, 4.69) is 15.9 Å². The average Bonchev–Trinajstić information content (AvgIpc) is 2.25. The van der Waals surface area contributed by atoms with Crippen LogP contribution in [0.15, 0.2) is 16.6 Å². The van der Waals surface area contributed by atoms with Gasteiger partial charge in [0.2, 0.25) is 0 Å². The van der Waals surface area contributed by atoms with Gasteiger partial charge in [-0.1, -0.05) is 0 Å². The lowest BCUT2D eigenvalue weighted by Crippen LogP contribution is -2.05. The minimum atomic E-state index is -0.441. The van der Waals surface area contributed by atoms with Crippen LogP contribution in [0, 0.1) is 0 Å². The number of phenols is 1. The fraction of sp³-hybridized carbons (Fsp3) is 0.364. The monoisotopic (exact) mass is 288 g/mol. The van der Waals surface area contributed by atoms with Crippen molar-refractivity contribution in [3.63, 3.8) is 0 Å². The van der Waals surface area contributed by atoms with Crippen molar-refractivity contribution in [2.45, 2.75) is 13.8 Å². The Bertz CT molecular complexity index is 390. The van der Waals surface area contributed by atoms with Crippen LogP contribution in [-0.4, -0.2) is 24.3 Å². The summed E-state index contributed by atoms with van der Waals surface area (Å²) in [6.07, 6.45) is 0. The molecule has 1 aromatic rings. The summed E-state index contributed by atoms with van der Waals surface area (Å²) in [5.41, 5.74) is 0.343. The summed E-state index contributed by atoms with van der Waals surface area (Å²) in [5.74, 6) is -0.195. The number of phenolic OH excluding ortho intramolecular Hbond substituents is 1. The van der Waals surface area contributed by atoms with Gasteiger partial charge < -0.3 is 14.6 Å². The highest BCUT2D eigenvalue weighted by Crippen LogP contribution is 2.35. The van der Waals surface area contributed by atoms with Gasteiger partial charge in [-0.05, 0) is 41.9 Å². The Kier molecular flexibility index (Phi) is 4.61. The molecule has 0 atom stereocenters. The molecule has 0 heterocycles. The van der Waals surface area contributed by atoms with E-state index in [-0.39, 0.29) is 11.5 Å². The molecule has 0 amide bonds. The number of carbonyl (C=O) groups excluding carboxylic acids is 1. The van der Waals surface area contributed by atoms with E-state index in [4.69, 9.17) is 9.47 Å². The van der Waals surface area contributed by atoms with Crippen molar-refractivity contribution in [2.24, 2.45) is 0 Å². The third-order valence-electron chi connectivity index (χ3n) is 1.84. The maximum absolute atomic E-state index is 11.5. The van der Waals surface area contributed by atoms with Crippen LogP contribution in [-0.2, 0) is 4.74 Å². The smallest absolute Gasteiger partial charge is 0.338 e. The maximum Gasteiger partial charge on any atom is 0.338 e. The molecule has 0 aliphatic heterocycles. The summed E-state index contributed by atoms with van der Waals surface area (Å²) in [5, 5.41) is 9.64. The van der Waals surface area contributed by atoms with Crippen molar-refractivity contribution in [1.29, 1.82) is 0 Å². The molecule has 0 aliphatic carbocycles. The Labute approximate surface area is 102 Å². The molecule has 0 radical (unpaired) electrons. The molecular weight excluding hydrogens is 276 g/mol. The van der Waals surface area contributed by atoms with E-state index in [0.29, 0.717) is 23.2 Å². The Morgan fingerprint density at radius 1 is 1.38 bits per heavy atom. The van der Waals surface area contributed by atoms with Gasteiger partial charge in [0.1, 0.15) is 0 Å². The molecule has 0 unspecified atom stereocenters. The number of aromatic hydroxyl groups is 1. The maximum atomic E-state index is 11.5. The number of benzene rings is 1. The van der Waals surface area contributed by atoms with E-state index in [1.54, 1.807) is 13.8 Å². The van der Waals surface area contributed by atoms with Crippen LogP contribution in [0.4, 0.5) is 0 Å². The topological polar surface area (TPSA) is 55.8 Å². The zero-order valence-corrected chi connectivity index (χ0v) is 10.7. The van der Waals surface area contributed by atoms with Gasteiger partial charge in [0.15, 0.2) is 11.5 Å². The van der Waals surface area contributed by atoms with Gasteiger partial charge in [0.05, 0.1) is 23.2 Å². The predicted molar refractivity (Wildman–Crippen MR) is 62.9 cm³/mol. The normalized spacial score (nSPS) is 9.94. The minimum Gasteiger partial charge on any atom is -0.503 e. The van der Waals surface area contributed by atoms with E-state index in [1.165, 1.54) is 12.1 Å².